The zero-order valence-corrected chi connectivity index (χ0v) is 14.5. The van der Waals surface area contributed by atoms with Crippen molar-refractivity contribution in [3.63, 3.8) is 0 Å². The lowest BCUT2D eigenvalue weighted by Gasteiger charge is -2.29. The first-order chi connectivity index (χ1) is 11.1. The van der Waals surface area contributed by atoms with Crippen LogP contribution in [0.25, 0.3) is 0 Å². The maximum Gasteiger partial charge on any atom is 0.221 e. The summed E-state index contributed by atoms with van der Waals surface area (Å²) in [6, 6.07) is 12.2. The smallest absolute Gasteiger partial charge is 0.221 e. The number of thiophene rings is 1. The largest absolute Gasteiger partial charge is 0.395 e. The lowest BCUT2D eigenvalue weighted by atomic mass is 10.1. The molecule has 124 valence electrons. The Bertz CT molecular complexity index is 592. The number of benzene rings is 1. The van der Waals surface area contributed by atoms with E-state index < -0.39 is 0 Å². The highest BCUT2D eigenvalue weighted by molar-refractivity contribution is 7.09. The SMILES string of the molecule is CC[C@H](CO)N(Cc1ccc(NC(C)=O)cc1)Cc1cccs1. The molecule has 2 aromatic rings. The average Bonchev–Trinajstić information content (AvgIpc) is 3.03. The molecule has 4 nitrogen and oxygen atoms in total. The Kier molecular flexibility index (Phi) is 6.77. The van der Waals surface area contributed by atoms with Gasteiger partial charge in [0.1, 0.15) is 0 Å². The van der Waals surface area contributed by atoms with Gasteiger partial charge in [-0.1, -0.05) is 25.1 Å². The summed E-state index contributed by atoms with van der Waals surface area (Å²) in [6.45, 7) is 5.37. The molecule has 0 aliphatic rings. The molecule has 1 aromatic heterocycles. The second kappa shape index (κ2) is 8.82. The quantitative estimate of drug-likeness (QED) is 0.778. The highest BCUT2D eigenvalue weighted by Gasteiger charge is 2.17. The molecule has 0 aliphatic heterocycles. The van der Waals surface area contributed by atoms with E-state index >= 15 is 0 Å². The Morgan fingerprint density at radius 2 is 2.00 bits per heavy atom. The average molecular weight is 332 g/mol. The van der Waals surface area contributed by atoms with Crippen molar-refractivity contribution in [2.75, 3.05) is 11.9 Å². The van der Waals surface area contributed by atoms with Crippen molar-refractivity contribution in [2.24, 2.45) is 0 Å². The first kappa shape index (κ1) is 17.7. The van der Waals surface area contributed by atoms with Gasteiger partial charge in [-0.3, -0.25) is 9.69 Å². The number of carbonyl (C=O) groups excluding carboxylic acids is 1. The van der Waals surface area contributed by atoms with Gasteiger partial charge in [0.05, 0.1) is 6.61 Å². The van der Waals surface area contributed by atoms with Crippen LogP contribution in [0.3, 0.4) is 0 Å². The number of aliphatic hydroxyl groups is 1. The third-order valence-electron chi connectivity index (χ3n) is 3.80. The minimum Gasteiger partial charge on any atom is -0.395 e. The Balaban J connectivity index is 2.08. The van der Waals surface area contributed by atoms with Gasteiger partial charge >= 0.3 is 0 Å². The minimum absolute atomic E-state index is 0.0663. The predicted octanol–water partition coefficient (Wildman–Crippen LogP) is 3.48. The molecule has 0 bridgehead atoms. The molecule has 1 heterocycles. The van der Waals surface area contributed by atoms with E-state index in [4.69, 9.17) is 0 Å². The molecular formula is C18H24N2O2S. The van der Waals surface area contributed by atoms with Crippen molar-refractivity contribution in [3.8, 4) is 0 Å². The van der Waals surface area contributed by atoms with Gasteiger partial charge in [-0.2, -0.15) is 0 Å². The van der Waals surface area contributed by atoms with Crippen LogP contribution in [-0.2, 0) is 17.9 Å². The Morgan fingerprint density at radius 1 is 1.26 bits per heavy atom. The number of nitrogens with zero attached hydrogens (tertiary/aromatic N) is 1. The zero-order chi connectivity index (χ0) is 16.7. The van der Waals surface area contributed by atoms with Crippen molar-refractivity contribution < 1.29 is 9.90 Å². The standard InChI is InChI=1S/C18H24N2O2S/c1-3-17(13-21)20(12-18-5-4-10-23-18)11-15-6-8-16(9-7-15)19-14(2)22/h4-10,17,21H,3,11-13H2,1-2H3,(H,19,22)/t17-/m1/s1. The zero-order valence-electron chi connectivity index (χ0n) is 13.7. The highest BCUT2D eigenvalue weighted by Crippen LogP contribution is 2.19. The fourth-order valence-corrected chi connectivity index (χ4v) is 3.28. The molecule has 0 fully saturated rings. The van der Waals surface area contributed by atoms with Gasteiger partial charge in [-0.05, 0) is 35.6 Å². The number of nitrogens with one attached hydrogen (secondary N) is 1. The summed E-state index contributed by atoms with van der Waals surface area (Å²) < 4.78 is 0. The van der Waals surface area contributed by atoms with Crippen LogP contribution in [0.1, 0.15) is 30.7 Å². The molecule has 1 atom stereocenters. The predicted molar refractivity (Wildman–Crippen MR) is 95.5 cm³/mol. The Labute approximate surface area is 141 Å². The summed E-state index contributed by atoms with van der Waals surface area (Å²) in [5.74, 6) is -0.0663. The molecule has 2 N–H and O–H groups in total. The number of carbonyl (C=O) groups is 1. The number of amides is 1. The molecule has 1 aromatic carbocycles. The van der Waals surface area contributed by atoms with Gasteiger partial charge in [0, 0.05) is 36.6 Å². The van der Waals surface area contributed by atoms with Crippen LogP contribution >= 0.6 is 11.3 Å². The van der Waals surface area contributed by atoms with E-state index in [1.165, 1.54) is 17.4 Å². The summed E-state index contributed by atoms with van der Waals surface area (Å²) in [7, 11) is 0. The second-order valence-electron chi connectivity index (χ2n) is 5.61. The van der Waals surface area contributed by atoms with Crippen LogP contribution in [0.15, 0.2) is 41.8 Å². The van der Waals surface area contributed by atoms with Crippen LogP contribution in [0.2, 0.25) is 0 Å². The number of hydrogen-bond acceptors (Lipinski definition) is 4. The summed E-state index contributed by atoms with van der Waals surface area (Å²) in [5, 5.41) is 14.5. The number of rotatable bonds is 8. The van der Waals surface area contributed by atoms with Gasteiger partial charge in [0.15, 0.2) is 0 Å². The Morgan fingerprint density at radius 3 is 2.52 bits per heavy atom. The van der Waals surface area contributed by atoms with Gasteiger partial charge in [-0.15, -0.1) is 11.3 Å². The molecule has 5 heteroatoms. The lowest BCUT2D eigenvalue weighted by molar-refractivity contribution is -0.114. The third kappa shape index (κ3) is 5.46. The van der Waals surface area contributed by atoms with Crippen molar-refractivity contribution in [1.29, 1.82) is 0 Å². The van der Waals surface area contributed by atoms with E-state index in [2.05, 4.69) is 34.7 Å². The maximum absolute atomic E-state index is 11.1. The van der Waals surface area contributed by atoms with Crippen LogP contribution in [-0.4, -0.2) is 28.6 Å². The normalized spacial score (nSPS) is 12.3. The second-order valence-corrected chi connectivity index (χ2v) is 6.64. The molecule has 2 rings (SSSR count). The number of hydrogen-bond donors (Lipinski definition) is 2. The molecule has 0 radical (unpaired) electrons. The molecule has 1 amide bonds. The lowest BCUT2D eigenvalue weighted by Crippen LogP contribution is -2.36. The van der Waals surface area contributed by atoms with Crippen LogP contribution in [0.4, 0.5) is 5.69 Å². The fourth-order valence-electron chi connectivity index (χ4n) is 2.55. The van der Waals surface area contributed by atoms with Crippen molar-refractivity contribution in [3.05, 3.63) is 52.2 Å². The molecule has 0 unspecified atom stereocenters. The van der Waals surface area contributed by atoms with E-state index in [0.717, 1.165) is 25.2 Å². The summed E-state index contributed by atoms with van der Waals surface area (Å²) in [6.07, 6.45) is 0.909. The number of aliphatic hydroxyl groups excluding tert-OH is 1. The van der Waals surface area contributed by atoms with Gasteiger partial charge in [0.25, 0.3) is 0 Å². The first-order valence-electron chi connectivity index (χ1n) is 7.86. The summed E-state index contributed by atoms with van der Waals surface area (Å²) in [5.41, 5.74) is 1.97. The first-order valence-corrected chi connectivity index (χ1v) is 8.74. The van der Waals surface area contributed by atoms with E-state index in [1.54, 1.807) is 11.3 Å². The van der Waals surface area contributed by atoms with E-state index in [-0.39, 0.29) is 18.6 Å². The highest BCUT2D eigenvalue weighted by atomic mass is 32.1. The molecule has 0 saturated carbocycles. The van der Waals surface area contributed by atoms with Gasteiger partial charge in [-0.25, -0.2) is 0 Å². The van der Waals surface area contributed by atoms with Crippen molar-refractivity contribution >= 4 is 22.9 Å². The maximum atomic E-state index is 11.1. The van der Waals surface area contributed by atoms with Crippen molar-refractivity contribution in [2.45, 2.75) is 39.4 Å². The monoisotopic (exact) mass is 332 g/mol. The molecular weight excluding hydrogens is 308 g/mol. The van der Waals surface area contributed by atoms with Crippen molar-refractivity contribution in [1.82, 2.24) is 4.90 Å². The van der Waals surface area contributed by atoms with Gasteiger partial charge < -0.3 is 10.4 Å². The van der Waals surface area contributed by atoms with Crippen LogP contribution < -0.4 is 5.32 Å². The Hall–Kier alpha value is -1.69. The molecule has 0 aliphatic carbocycles. The van der Waals surface area contributed by atoms with E-state index in [0.29, 0.717) is 0 Å². The summed E-state index contributed by atoms with van der Waals surface area (Å²) >= 11 is 1.74. The van der Waals surface area contributed by atoms with Crippen LogP contribution in [0.5, 0.6) is 0 Å². The molecule has 0 spiro atoms. The molecule has 0 saturated heterocycles. The van der Waals surface area contributed by atoms with E-state index in [9.17, 15) is 9.90 Å². The molecule has 23 heavy (non-hydrogen) atoms. The van der Waals surface area contributed by atoms with E-state index in [1.807, 2.05) is 24.3 Å². The third-order valence-corrected chi connectivity index (χ3v) is 4.66. The summed E-state index contributed by atoms with van der Waals surface area (Å²) in [4.78, 5) is 14.7. The minimum atomic E-state index is -0.0663. The topological polar surface area (TPSA) is 52.6 Å². The fraction of sp³-hybridized carbons (Fsp3) is 0.389. The van der Waals surface area contributed by atoms with Crippen LogP contribution in [0, 0.1) is 0 Å². The number of anilines is 1. The van der Waals surface area contributed by atoms with Gasteiger partial charge in [0.2, 0.25) is 5.91 Å².